The minimum Gasteiger partial charge on any atom is -0.369 e. The van der Waals surface area contributed by atoms with E-state index in [9.17, 15) is 4.79 Å². The lowest BCUT2D eigenvalue weighted by molar-refractivity contribution is -0.123. The van der Waals surface area contributed by atoms with Crippen LogP contribution in [0.2, 0.25) is 0 Å². The summed E-state index contributed by atoms with van der Waals surface area (Å²) in [6, 6.07) is 0. The fourth-order valence-electron chi connectivity index (χ4n) is 1.65. The molecule has 2 rings (SSSR count). The first-order valence-electron chi connectivity index (χ1n) is 3.62. The Balaban J connectivity index is 2.48. The van der Waals surface area contributed by atoms with E-state index in [1.54, 1.807) is 0 Å². The molecule has 2 heteroatoms. The Morgan fingerprint density at radius 3 is 3.09 bits per heavy atom. The molecule has 2 aliphatic rings. The smallest absolute Gasteiger partial charge is 0.232 e. The van der Waals surface area contributed by atoms with Crippen LogP contribution < -0.4 is 5.73 Å². The Morgan fingerprint density at radius 1 is 1.64 bits per heavy atom. The Morgan fingerprint density at radius 2 is 2.45 bits per heavy atom. The zero-order valence-electron chi connectivity index (χ0n) is 6.08. The third-order valence-corrected chi connectivity index (χ3v) is 2.35. The van der Waals surface area contributed by atoms with Crippen LogP contribution in [0.5, 0.6) is 0 Å². The van der Waals surface area contributed by atoms with Gasteiger partial charge in [-0.15, -0.1) is 0 Å². The SMILES string of the molecule is NC(=O)C12C=CC=C1C=CC2. The molecule has 0 heterocycles. The van der Waals surface area contributed by atoms with E-state index in [1.165, 1.54) is 0 Å². The number of allylic oxidation sites excluding steroid dienone is 4. The van der Waals surface area contributed by atoms with Crippen molar-refractivity contribution in [1.82, 2.24) is 0 Å². The second-order valence-electron chi connectivity index (χ2n) is 2.92. The molecule has 11 heavy (non-hydrogen) atoms. The highest BCUT2D eigenvalue weighted by Crippen LogP contribution is 2.42. The molecule has 1 unspecified atom stereocenters. The fourth-order valence-corrected chi connectivity index (χ4v) is 1.65. The Hall–Kier alpha value is -1.31. The highest BCUT2D eigenvalue weighted by atomic mass is 16.1. The average Bonchev–Trinajstić information content (AvgIpc) is 2.40. The molecule has 0 radical (unpaired) electrons. The number of hydrogen-bond acceptors (Lipinski definition) is 1. The van der Waals surface area contributed by atoms with Gasteiger partial charge in [0.1, 0.15) is 0 Å². The third kappa shape index (κ3) is 0.638. The van der Waals surface area contributed by atoms with Gasteiger partial charge in [0.25, 0.3) is 0 Å². The summed E-state index contributed by atoms with van der Waals surface area (Å²) >= 11 is 0. The fraction of sp³-hybridized carbons (Fsp3) is 0.222. The topological polar surface area (TPSA) is 43.1 Å². The van der Waals surface area contributed by atoms with Crippen LogP contribution in [0.3, 0.4) is 0 Å². The molecule has 0 aromatic carbocycles. The van der Waals surface area contributed by atoms with Crippen LogP contribution in [0.4, 0.5) is 0 Å². The van der Waals surface area contributed by atoms with E-state index in [1.807, 2.05) is 30.4 Å². The molecule has 56 valence electrons. The van der Waals surface area contributed by atoms with Crippen molar-refractivity contribution in [3.8, 4) is 0 Å². The summed E-state index contributed by atoms with van der Waals surface area (Å²) in [7, 11) is 0. The van der Waals surface area contributed by atoms with Gasteiger partial charge in [-0.2, -0.15) is 0 Å². The van der Waals surface area contributed by atoms with Crippen LogP contribution in [0.1, 0.15) is 6.42 Å². The van der Waals surface area contributed by atoms with Crippen LogP contribution in [0, 0.1) is 5.41 Å². The maximum atomic E-state index is 11.1. The summed E-state index contributed by atoms with van der Waals surface area (Å²) in [4.78, 5) is 11.1. The first-order chi connectivity index (χ1) is 5.26. The van der Waals surface area contributed by atoms with Crippen molar-refractivity contribution < 1.29 is 4.79 Å². The first kappa shape index (κ1) is 6.40. The van der Waals surface area contributed by atoms with Crippen LogP contribution in [-0.2, 0) is 4.79 Å². The molecule has 0 bridgehead atoms. The number of hydrogen-bond donors (Lipinski definition) is 1. The molecule has 0 saturated heterocycles. The van der Waals surface area contributed by atoms with Crippen LogP contribution in [-0.4, -0.2) is 5.91 Å². The van der Waals surface area contributed by atoms with Crippen molar-refractivity contribution >= 4 is 5.91 Å². The Bertz CT molecular complexity index is 299. The number of carbonyl (C=O) groups is 1. The molecular formula is C9H9NO. The molecule has 0 aromatic rings. The molecule has 0 spiro atoms. The molecule has 2 aliphatic carbocycles. The molecule has 1 amide bonds. The Labute approximate surface area is 65.1 Å². The highest BCUT2D eigenvalue weighted by Gasteiger charge is 2.40. The first-order valence-corrected chi connectivity index (χ1v) is 3.62. The number of primary amides is 1. The summed E-state index contributed by atoms with van der Waals surface area (Å²) in [6.07, 6.45) is 10.4. The molecule has 0 saturated carbocycles. The summed E-state index contributed by atoms with van der Waals surface area (Å²) in [5, 5.41) is 0. The van der Waals surface area contributed by atoms with Gasteiger partial charge in [-0.25, -0.2) is 0 Å². The number of carbonyl (C=O) groups excluding carboxylic acids is 1. The van der Waals surface area contributed by atoms with E-state index in [0.717, 1.165) is 12.0 Å². The van der Waals surface area contributed by atoms with Crippen molar-refractivity contribution in [3.63, 3.8) is 0 Å². The quantitative estimate of drug-likeness (QED) is 0.588. The predicted octanol–water partition coefficient (Wildman–Crippen LogP) is 0.914. The van der Waals surface area contributed by atoms with Gasteiger partial charge >= 0.3 is 0 Å². The van der Waals surface area contributed by atoms with Gasteiger partial charge in [0.05, 0.1) is 5.41 Å². The predicted molar refractivity (Wildman–Crippen MR) is 42.6 cm³/mol. The molecule has 2 nitrogen and oxygen atoms in total. The largest absolute Gasteiger partial charge is 0.369 e. The van der Waals surface area contributed by atoms with Gasteiger partial charge in [0.2, 0.25) is 5.91 Å². The number of nitrogens with two attached hydrogens (primary N) is 1. The lowest BCUT2D eigenvalue weighted by Crippen LogP contribution is -2.33. The maximum absolute atomic E-state index is 11.1. The average molecular weight is 147 g/mol. The molecule has 0 aliphatic heterocycles. The van der Waals surface area contributed by atoms with Crippen LogP contribution in [0.15, 0.2) is 36.0 Å². The summed E-state index contributed by atoms with van der Waals surface area (Å²) in [6.45, 7) is 0. The maximum Gasteiger partial charge on any atom is 0.232 e. The molecule has 0 fully saturated rings. The lowest BCUT2D eigenvalue weighted by Gasteiger charge is -2.19. The van der Waals surface area contributed by atoms with E-state index in [-0.39, 0.29) is 5.91 Å². The minimum atomic E-state index is -0.486. The van der Waals surface area contributed by atoms with Crippen molar-refractivity contribution in [2.24, 2.45) is 11.1 Å². The van der Waals surface area contributed by atoms with Crippen molar-refractivity contribution in [3.05, 3.63) is 36.0 Å². The van der Waals surface area contributed by atoms with Gasteiger partial charge in [-0.1, -0.05) is 30.4 Å². The van der Waals surface area contributed by atoms with Crippen molar-refractivity contribution in [1.29, 1.82) is 0 Å². The van der Waals surface area contributed by atoms with E-state index in [2.05, 4.69) is 0 Å². The second kappa shape index (κ2) is 1.84. The number of fused-ring (bicyclic) bond motifs is 1. The third-order valence-electron chi connectivity index (χ3n) is 2.35. The monoisotopic (exact) mass is 147 g/mol. The van der Waals surface area contributed by atoms with Gasteiger partial charge < -0.3 is 5.73 Å². The molecular weight excluding hydrogens is 138 g/mol. The highest BCUT2D eigenvalue weighted by molar-refractivity contribution is 5.89. The van der Waals surface area contributed by atoms with Crippen LogP contribution in [0.25, 0.3) is 0 Å². The zero-order chi connectivity index (χ0) is 7.90. The number of rotatable bonds is 1. The van der Waals surface area contributed by atoms with Crippen molar-refractivity contribution in [2.75, 3.05) is 0 Å². The van der Waals surface area contributed by atoms with E-state index < -0.39 is 5.41 Å². The minimum absolute atomic E-state index is 0.248. The van der Waals surface area contributed by atoms with Gasteiger partial charge in [0, 0.05) is 0 Å². The van der Waals surface area contributed by atoms with Crippen molar-refractivity contribution in [2.45, 2.75) is 6.42 Å². The molecule has 1 atom stereocenters. The van der Waals surface area contributed by atoms with Gasteiger partial charge in [-0.3, -0.25) is 4.79 Å². The summed E-state index contributed by atoms with van der Waals surface area (Å²) in [5.74, 6) is -0.248. The van der Waals surface area contributed by atoms with Gasteiger partial charge in [-0.05, 0) is 12.0 Å². The Kier molecular flexibility index (Phi) is 1.07. The van der Waals surface area contributed by atoms with E-state index >= 15 is 0 Å². The normalized spacial score (nSPS) is 32.2. The second-order valence-corrected chi connectivity index (χ2v) is 2.92. The molecule has 2 N–H and O–H groups in total. The van der Waals surface area contributed by atoms with Gasteiger partial charge in [0.15, 0.2) is 0 Å². The summed E-state index contributed by atoms with van der Waals surface area (Å²) < 4.78 is 0. The van der Waals surface area contributed by atoms with E-state index in [0.29, 0.717) is 0 Å². The summed E-state index contributed by atoms with van der Waals surface area (Å²) in [5.41, 5.74) is 5.85. The number of amides is 1. The lowest BCUT2D eigenvalue weighted by atomic mass is 9.83. The molecule has 0 aromatic heterocycles. The van der Waals surface area contributed by atoms with Crippen LogP contribution >= 0.6 is 0 Å². The standard InChI is InChI=1S/C9H9NO/c10-8(11)9-5-1-3-7(9)4-2-6-9/h1-5H,6H2,(H2,10,11). The van der Waals surface area contributed by atoms with E-state index in [4.69, 9.17) is 5.73 Å². The zero-order valence-corrected chi connectivity index (χ0v) is 6.08.